The van der Waals surface area contributed by atoms with Crippen LogP contribution in [-0.4, -0.2) is 24.0 Å². The summed E-state index contributed by atoms with van der Waals surface area (Å²) in [4.78, 5) is 22.2. The van der Waals surface area contributed by atoms with Gasteiger partial charge in [-0.1, -0.05) is 13.3 Å². The quantitative estimate of drug-likeness (QED) is 0.691. The molecule has 0 aromatic carbocycles. The topological polar surface area (TPSA) is 55.4 Å². The third kappa shape index (κ3) is 4.84. The van der Waals surface area contributed by atoms with E-state index in [4.69, 9.17) is 4.74 Å². The minimum atomic E-state index is -1.03. The molecular formula is C10H19NO3. The molecule has 0 radical (unpaired) electrons. The van der Waals surface area contributed by atoms with Gasteiger partial charge in [-0.25, -0.2) is 4.79 Å². The molecule has 0 fully saturated rings. The van der Waals surface area contributed by atoms with Crippen molar-refractivity contribution in [3.63, 3.8) is 0 Å². The first kappa shape index (κ1) is 12.9. The second-order valence-electron chi connectivity index (χ2n) is 3.74. The third-order valence-electron chi connectivity index (χ3n) is 2.00. The molecule has 82 valence electrons. The molecule has 0 heterocycles. The maximum absolute atomic E-state index is 11.2. The lowest BCUT2D eigenvalue weighted by Gasteiger charge is -2.21. The molecule has 4 nitrogen and oxygen atoms in total. The van der Waals surface area contributed by atoms with Gasteiger partial charge in [0.15, 0.2) is 11.4 Å². The lowest BCUT2D eigenvalue weighted by molar-refractivity contribution is -0.132. The standard InChI is InChI=1S/C10H19NO3/c1-5-6-7-11-9(13)14-10(3,4)8(2)12/h5-7H2,1-4H3,(H,11,13). The second kappa shape index (κ2) is 5.62. The Morgan fingerprint density at radius 3 is 2.36 bits per heavy atom. The molecule has 0 atom stereocenters. The smallest absolute Gasteiger partial charge is 0.408 e. The van der Waals surface area contributed by atoms with Crippen LogP contribution in [0.4, 0.5) is 4.79 Å². The van der Waals surface area contributed by atoms with Gasteiger partial charge in [-0.2, -0.15) is 0 Å². The number of hydrogen-bond acceptors (Lipinski definition) is 3. The summed E-state index contributed by atoms with van der Waals surface area (Å²) in [6.45, 7) is 7.18. The van der Waals surface area contributed by atoms with E-state index in [1.807, 2.05) is 6.92 Å². The van der Waals surface area contributed by atoms with Crippen LogP contribution in [0, 0.1) is 0 Å². The van der Waals surface area contributed by atoms with Gasteiger partial charge in [0.05, 0.1) is 0 Å². The van der Waals surface area contributed by atoms with Crippen LogP contribution in [0.1, 0.15) is 40.5 Å². The molecule has 0 rings (SSSR count). The average Bonchev–Trinajstić information content (AvgIpc) is 2.03. The van der Waals surface area contributed by atoms with Crippen molar-refractivity contribution in [3.8, 4) is 0 Å². The Hall–Kier alpha value is -1.06. The molecule has 14 heavy (non-hydrogen) atoms. The summed E-state index contributed by atoms with van der Waals surface area (Å²) >= 11 is 0. The summed E-state index contributed by atoms with van der Waals surface area (Å²) in [5.41, 5.74) is -1.03. The molecule has 0 aliphatic heterocycles. The lowest BCUT2D eigenvalue weighted by Crippen LogP contribution is -2.39. The summed E-state index contributed by atoms with van der Waals surface area (Å²) in [6, 6.07) is 0. The van der Waals surface area contributed by atoms with Crippen LogP contribution < -0.4 is 5.32 Å². The van der Waals surface area contributed by atoms with Gasteiger partial charge in [0.1, 0.15) is 0 Å². The molecule has 0 saturated carbocycles. The van der Waals surface area contributed by atoms with E-state index in [1.54, 1.807) is 13.8 Å². The molecule has 0 saturated heterocycles. The molecule has 0 aliphatic carbocycles. The molecule has 0 aromatic heterocycles. The fourth-order valence-electron chi connectivity index (χ4n) is 0.707. The van der Waals surface area contributed by atoms with Crippen molar-refractivity contribution < 1.29 is 14.3 Å². The third-order valence-corrected chi connectivity index (χ3v) is 2.00. The summed E-state index contributed by atoms with van der Waals surface area (Å²) in [5.74, 6) is -0.164. The monoisotopic (exact) mass is 201 g/mol. The highest BCUT2D eigenvalue weighted by molar-refractivity contribution is 5.86. The number of Topliss-reactive ketones (excluding diaryl/α,β-unsaturated/α-hetero) is 1. The first-order valence-electron chi connectivity index (χ1n) is 4.88. The minimum absolute atomic E-state index is 0.164. The van der Waals surface area contributed by atoms with Gasteiger partial charge < -0.3 is 10.1 Å². The summed E-state index contributed by atoms with van der Waals surface area (Å²) < 4.78 is 4.95. The fraction of sp³-hybridized carbons (Fsp3) is 0.800. The SMILES string of the molecule is CCCCNC(=O)OC(C)(C)C(C)=O. The predicted octanol–water partition coefficient (Wildman–Crippen LogP) is 1.88. The van der Waals surface area contributed by atoms with Crippen molar-refractivity contribution in [2.75, 3.05) is 6.54 Å². The van der Waals surface area contributed by atoms with Crippen LogP contribution in [0.25, 0.3) is 0 Å². The Bertz CT molecular complexity index is 211. The van der Waals surface area contributed by atoms with Gasteiger partial charge in [-0.3, -0.25) is 4.79 Å². The van der Waals surface area contributed by atoms with Crippen LogP contribution in [0.2, 0.25) is 0 Å². The lowest BCUT2D eigenvalue weighted by atomic mass is 10.1. The number of rotatable bonds is 5. The maximum Gasteiger partial charge on any atom is 0.408 e. The molecule has 0 bridgehead atoms. The van der Waals surface area contributed by atoms with Gasteiger partial charge in [-0.05, 0) is 27.2 Å². The second-order valence-corrected chi connectivity index (χ2v) is 3.74. The molecular weight excluding hydrogens is 182 g/mol. The Morgan fingerprint density at radius 2 is 1.93 bits per heavy atom. The van der Waals surface area contributed by atoms with E-state index in [2.05, 4.69) is 5.32 Å². The van der Waals surface area contributed by atoms with Crippen molar-refractivity contribution >= 4 is 11.9 Å². The number of carbonyl (C=O) groups is 2. The minimum Gasteiger partial charge on any atom is -0.436 e. The van der Waals surface area contributed by atoms with Gasteiger partial charge in [-0.15, -0.1) is 0 Å². The first-order valence-corrected chi connectivity index (χ1v) is 4.88. The number of carbonyl (C=O) groups excluding carboxylic acids is 2. The molecule has 0 unspecified atom stereocenters. The normalized spacial score (nSPS) is 10.9. The average molecular weight is 201 g/mol. The van der Waals surface area contributed by atoms with E-state index >= 15 is 0 Å². The van der Waals surface area contributed by atoms with E-state index in [0.29, 0.717) is 6.54 Å². The Balaban J connectivity index is 3.88. The molecule has 0 aromatic rings. The van der Waals surface area contributed by atoms with Crippen LogP contribution in [0.15, 0.2) is 0 Å². The van der Waals surface area contributed by atoms with Gasteiger partial charge in [0, 0.05) is 6.54 Å². The van der Waals surface area contributed by atoms with E-state index in [1.165, 1.54) is 6.92 Å². The number of ketones is 1. The van der Waals surface area contributed by atoms with E-state index in [-0.39, 0.29) is 5.78 Å². The zero-order valence-corrected chi connectivity index (χ0v) is 9.35. The highest BCUT2D eigenvalue weighted by Crippen LogP contribution is 2.10. The van der Waals surface area contributed by atoms with E-state index in [0.717, 1.165) is 12.8 Å². The molecule has 0 spiro atoms. The van der Waals surface area contributed by atoms with Crippen LogP contribution >= 0.6 is 0 Å². The van der Waals surface area contributed by atoms with Gasteiger partial charge in [0.2, 0.25) is 0 Å². The molecule has 1 N–H and O–H groups in total. The van der Waals surface area contributed by atoms with Crippen LogP contribution in [0.3, 0.4) is 0 Å². The predicted molar refractivity (Wildman–Crippen MR) is 54.2 cm³/mol. The molecule has 1 amide bonds. The van der Waals surface area contributed by atoms with Crippen molar-refractivity contribution in [1.82, 2.24) is 5.32 Å². The van der Waals surface area contributed by atoms with E-state index < -0.39 is 11.7 Å². The zero-order chi connectivity index (χ0) is 11.2. The van der Waals surface area contributed by atoms with Crippen molar-refractivity contribution in [2.24, 2.45) is 0 Å². The highest BCUT2D eigenvalue weighted by atomic mass is 16.6. The number of ether oxygens (including phenoxy) is 1. The number of unbranched alkanes of at least 4 members (excludes halogenated alkanes) is 1. The molecule has 0 aliphatic rings. The number of alkyl carbamates (subject to hydrolysis) is 1. The Morgan fingerprint density at radius 1 is 1.36 bits per heavy atom. The Kier molecular flexibility index (Phi) is 5.20. The van der Waals surface area contributed by atoms with E-state index in [9.17, 15) is 9.59 Å². The number of amides is 1. The number of hydrogen-bond donors (Lipinski definition) is 1. The number of nitrogens with one attached hydrogen (secondary N) is 1. The maximum atomic E-state index is 11.2. The fourth-order valence-corrected chi connectivity index (χ4v) is 0.707. The van der Waals surface area contributed by atoms with Crippen molar-refractivity contribution in [3.05, 3.63) is 0 Å². The van der Waals surface area contributed by atoms with Crippen molar-refractivity contribution in [1.29, 1.82) is 0 Å². The summed E-state index contributed by atoms with van der Waals surface area (Å²) in [7, 11) is 0. The van der Waals surface area contributed by atoms with Crippen molar-refractivity contribution in [2.45, 2.75) is 46.1 Å². The zero-order valence-electron chi connectivity index (χ0n) is 9.35. The summed E-state index contributed by atoms with van der Waals surface area (Å²) in [6.07, 6.45) is 1.39. The summed E-state index contributed by atoms with van der Waals surface area (Å²) in [5, 5.41) is 2.58. The van der Waals surface area contributed by atoms with Crippen LogP contribution in [0.5, 0.6) is 0 Å². The first-order chi connectivity index (χ1) is 6.40. The largest absolute Gasteiger partial charge is 0.436 e. The Labute approximate surface area is 85.0 Å². The molecule has 4 heteroatoms. The van der Waals surface area contributed by atoms with Gasteiger partial charge in [0.25, 0.3) is 0 Å². The van der Waals surface area contributed by atoms with Gasteiger partial charge >= 0.3 is 6.09 Å². The highest BCUT2D eigenvalue weighted by Gasteiger charge is 2.27. The van der Waals surface area contributed by atoms with Crippen LogP contribution in [-0.2, 0) is 9.53 Å².